The summed E-state index contributed by atoms with van der Waals surface area (Å²) in [6.45, 7) is 2.92. The number of hydrogen-bond acceptors (Lipinski definition) is 5. The third-order valence-electron chi connectivity index (χ3n) is 5.35. The van der Waals surface area contributed by atoms with Crippen LogP contribution in [0.3, 0.4) is 0 Å². The maximum atomic E-state index is 12.3. The standard InChI is InChI=1S/C19H19F6N7O2.C5H9F3/c20-18(21,22)4-3-16(33)26-8-11-1-2-12-13(7-11)30-15(29-12)10-27-17(34)14-9-28-32(31-14)6-5-19(23,24)25;1-4(2,3)5(6,7)8/h1-2,7,9H,3-6,8,10H2,(H,26,33)(H,27,34)(H,29,30);1-3H3. The molecule has 3 N–H and O–H groups in total. The van der Waals surface area contributed by atoms with E-state index in [1.807, 2.05) is 0 Å². The van der Waals surface area contributed by atoms with Gasteiger partial charge in [-0.25, -0.2) is 4.98 Å². The molecule has 0 saturated heterocycles. The molecule has 0 spiro atoms. The molecule has 0 saturated carbocycles. The zero-order chi connectivity index (χ0) is 31.9. The highest BCUT2D eigenvalue weighted by molar-refractivity contribution is 5.91. The van der Waals surface area contributed by atoms with Crippen molar-refractivity contribution in [1.29, 1.82) is 0 Å². The van der Waals surface area contributed by atoms with Crippen LogP contribution in [-0.2, 0) is 24.4 Å². The van der Waals surface area contributed by atoms with E-state index in [4.69, 9.17) is 0 Å². The van der Waals surface area contributed by atoms with Crippen molar-refractivity contribution in [3.05, 3.63) is 41.5 Å². The molecule has 0 aliphatic carbocycles. The molecule has 18 heteroatoms. The number of H-pyrrole nitrogens is 1. The van der Waals surface area contributed by atoms with Crippen LogP contribution < -0.4 is 10.6 Å². The van der Waals surface area contributed by atoms with E-state index in [0.29, 0.717) is 22.4 Å². The van der Waals surface area contributed by atoms with Crippen molar-refractivity contribution >= 4 is 22.8 Å². The number of alkyl halides is 9. The minimum atomic E-state index is -4.40. The molecule has 0 aliphatic heterocycles. The number of hydrogen-bond donors (Lipinski definition) is 3. The van der Waals surface area contributed by atoms with E-state index in [2.05, 4.69) is 30.8 Å². The van der Waals surface area contributed by atoms with Crippen LogP contribution in [0.25, 0.3) is 11.0 Å². The fourth-order valence-corrected chi connectivity index (χ4v) is 2.84. The van der Waals surface area contributed by atoms with E-state index in [-0.39, 0.29) is 18.8 Å². The Balaban J connectivity index is 0.000000675. The molecule has 0 aliphatic rings. The molecule has 42 heavy (non-hydrogen) atoms. The van der Waals surface area contributed by atoms with E-state index in [0.717, 1.165) is 31.8 Å². The van der Waals surface area contributed by atoms with Gasteiger partial charge in [0.15, 0.2) is 5.69 Å². The second-order valence-corrected chi connectivity index (χ2v) is 10.0. The summed E-state index contributed by atoms with van der Waals surface area (Å²) in [6, 6.07) is 4.94. The first kappa shape index (κ1) is 34.3. The molecule has 0 fully saturated rings. The molecule has 2 amide bonds. The lowest BCUT2D eigenvalue weighted by Crippen LogP contribution is -2.28. The second-order valence-electron chi connectivity index (χ2n) is 10.0. The molecular weight excluding hydrogens is 589 g/mol. The lowest BCUT2D eigenvalue weighted by atomic mass is 9.96. The van der Waals surface area contributed by atoms with Crippen LogP contribution in [0.15, 0.2) is 24.4 Å². The Bertz CT molecular complexity index is 1320. The second kappa shape index (κ2) is 13.4. The topological polar surface area (TPSA) is 118 Å². The monoisotopic (exact) mass is 617 g/mol. The third kappa shape index (κ3) is 11.9. The van der Waals surface area contributed by atoms with Gasteiger partial charge in [0, 0.05) is 13.0 Å². The van der Waals surface area contributed by atoms with Gasteiger partial charge in [0.2, 0.25) is 5.91 Å². The molecule has 234 valence electrons. The third-order valence-corrected chi connectivity index (χ3v) is 5.35. The number of fused-ring (bicyclic) bond motifs is 1. The number of halogens is 9. The van der Waals surface area contributed by atoms with Crippen molar-refractivity contribution in [2.75, 3.05) is 0 Å². The number of rotatable bonds is 9. The zero-order valence-corrected chi connectivity index (χ0v) is 22.6. The van der Waals surface area contributed by atoms with Gasteiger partial charge in [-0.05, 0) is 17.7 Å². The Morgan fingerprint density at radius 1 is 0.905 bits per heavy atom. The minimum absolute atomic E-state index is 0.0295. The highest BCUT2D eigenvalue weighted by Gasteiger charge is 2.43. The molecular formula is C24H28F9N7O2. The van der Waals surface area contributed by atoms with Crippen molar-refractivity contribution in [1.82, 2.24) is 35.6 Å². The average Bonchev–Trinajstić information content (AvgIpc) is 3.48. The first-order valence-electron chi connectivity index (χ1n) is 12.3. The molecule has 9 nitrogen and oxygen atoms in total. The smallest absolute Gasteiger partial charge is 0.352 e. The fraction of sp³-hybridized carbons (Fsp3) is 0.542. The summed E-state index contributed by atoms with van der Waals surface area (Å²) in [5.41, 5.74) is 0.0378. The maximum absolute atomic E-state index is 12.3. The van der Waals surface area contributed by atoms with Crippen LogP contribution in [0, 0.1) is 5.41 Å². The molecule has 2 heterocycles. The van der Waals surface area contributed by atoms with Crippen LogP contribution in [0.2, 0.25) is 0 Å². The number of aromatic amines is 1. The largest absolute Gasteiger partial charge is 0.393 e. The summed E-state index contributed by atoms with van der Waals surface area (Å²) < 4.78 is 108. The summed E-state index contributed by atoms with van der Waals surface area (Å²) in [5.74, 6) is -0.999. The number of carbonyl (C=O) groups is 2. The van der Waals surface area contributed by atoms with Crippen LogP contribution in [0.5, 0.6) is 0 Å². The Kier molecular flexibility index (Phi) is 11.0. The van der Waals surface area contributed by atoms with Crippen LogP contribution >= 0.6 is 0 Å². The summed E-state index contributed by atoms with van der Waals surface area (Å²) in [5, 5.41) is 12.3. The Morgan fingerprint density at radius 3 is 2.10 bits per heavy atom. The van der Waals surface area contributed by atoms with Crippen molar-refractivity contribution < 1.29 is 49.1 Å². The Hall–Kier alpha value is -3.86. The van der Waals surface area contributed by atoms with E-state index < -0.39 is 61.6 Å². The summed E-state index contributed by atoms with van der Waals surface area (Å²) in [6.07, 6.45) is -14.8. The number of nitrogens with zero attached hydrogens (tertiary/aromatic N) is 4. The summed E-state index contributed by atoms with van der Waals surface area (Å²) in [4.78, 5) is 31.7. The van der Waals surface area contributed by atoms with E-state index in [9.17, 15) is 49.1 Å². The maximum Gasteiger partial charge on any atom is 0.393 e. The molecule has 3 aromatic rings. The fourth-order valence-electron chi connectivity index (χ4n) is 2.84. The van der Waals surface area contributed by atoms with Crippen LogP contribution in [-0.4, -0.2) is 55.3 Å². The molecule has 0 unspecified atom stereocenters. The summed E-state index contributed by atoms with van der Waals surface area (Å²) in [7, 11) is 0. The van der Waals surface area contributed by atoms with Crippen molar-refractivity contribution in [2.24, 2.45) is 5.41 Å². The number of imidazole rings is 1. The number of benzene rings is 1. The van der Waals surface area contributed by atoms with E-state index >= 15 is 0 Å². The molecule has 1 aromatic carbocycles. The predicted octanol–water partition coefficient (Wildman–Crippen LogP) is 5.59. The van der Waals surface area contributed by atoms with Crippen LogP contribution in [0.1, 0.15) is 61.9 Å². The molecule has 2 aromatic heterocycles. The van der Waals surface area contributed by atoms with Crippen LogP contribution in [0.4, 0.5) is 39.5 Å². The van der Waals surface area contributed by atoms with Gasteiger partial charge in [0.05, 0.1) is 48.6 Å². The van der Waals surface area contributed by atoms with E-state index in [1.165, 1.54) is 0 Å². The Morgan fingerprint density at radius 2 is 1.52 bits per heavy atom. The molecule has 0 atom stereocenters. The van der Waals surface area contributed by atoms with Crippen molar-refractivity contribution in [2.45, 2.75) is 78.2 Å². The number of amides is 2. The average molecular weight is 618 g/mol. The van der Waals surface area contributed by atoms with Gasteiger partial charge < -0.3 is 15.6 Å². The van der Waals surface area contributed by atoms with Crippen molar-refractivity contribution in [3.63, 3.8) is 0 Å². The van der Waals surface area contributed by atoms with Gasteiger partial charge in [-0.15, -0.1) is 5.10 Å². The first-order valence-corrected chi connectivity index (χ1v) is 12.3. The van der Waals surface area contributed by atoms with Gasteiger partial charge in [0.25, 0.3) is 5.91 Å². The van der Waals surface area contributed by atoms with Gasteiger partial charge in [0.1, 0.15) is 5.82 Å². The van der Waals surface area contributed by atoms with Gasteiger partial charge in [-0.3, -0.25) is 9.59 Å². The molecule has 0 bridgehead atoms. The van der Waals surface area contributed by atoms with Gasteiger partial charge in [-0.1, -0.05) is 26.8 Å². The number of nitrogens with one attached hydrogen (secondary N) is 3. The van der Waals surface area contributed by atoms with Gasteiger partial charge in [-0.2, -0.15) is 49.4 Å². The summed E-state index contributed by atoms with van der Waals surface area (Å²) >= 11 is 0. The lowest BCUT2D eigenvalue weighted by molar-refractivity contribution is -0.204. The molecule has 0 radical (unpaired) electrons. The predicted molar refractivity (Wildman–Crippen MR) is 131 cm³/mol. The zero-order valence-electron chi connectivity index (χ0n) is 22.6. The first-order chi connectivity index (χ1) is 19.1. The number of aromatic nitrogens is 5. The highest BCUT2D eigenvalue weighted by Crippen LogP contribution is 2.36. The Labute approximate surface area is 233 Å². The molecule has 3 rings (SSSR count). The number of aryl methyl sites for hydroxylation is 1. The SMILES string of the molecule is CC(C)(C)C(F)(F)F.O=C(CCC(F)(F)F)NCc1ccc2nc(CNC(=O)c3cnn(CCC(F)(F)F)n3)[nH]c2c1. The lowest BCUT2D eigenvalue weighted by Gasteiger charge is -2.21. The van der Waals surface area contributed by atoms with Crippen molar-refractivity contribution in [3.8, 4) is 0 Å². The number of carbonyl (C=O) groups excluding carboxylic acids is 2. The normalized spacial score (nSPS) is 12.6. The minimum Gasteiger partial charge on any atom is -0.352 e. The highest BCUT2D eigenvalue weighted by atomic mass is 19.4. The van der Waals surface area contributed by atoms with E-state index in [1.54, 1.807) is 18.2 Å². The van der Waals surface area contributed by atoms with Gasteiger partial charge >= 0.3 is 18.5 Å². The quantitative estimate of drug-likeness (QED) is 0.271.